The molecule has 0 saturated heterocycles. The standard InChI is InChI=1S/C20H22N2O5S/c1-14(15-6-4-3-5-7-15)21-19(23)13-27-20(24)17-8-9-18-16(12-17)10-11-22(18)28(2,25)26/h3-9,12,14H,10-11,13H2,1-2H3,(H,21,23)/t14-/m0/s1. The first-order valence-corrected chi connectivity index (χ1v) is 10.7. The Kier molecular flexibility index (Phi) is 5.69. The normalized spacial score (nSPS) is 14.3. The lowest BCUT2D eigenvalue weighted by atomic mass is 10.1. The zero-order valence-electron chi connectivity index (χ0n) is 15.7. The van der Waals surface area contributed by atoms with Crippen LogP contribution in [0.4, 0.5) is 5.69 Å². The SMILES string of the molecule is C[C@H](NC(=O)COC(=O)c1ccc2c(c1)CCN2S(C)(=O)=O)c1ccccc1. The minimum absolute atomic E-state index is 0.200. The highest BCUT2D eigenvalue weighted by atomic mass is 32.2. The van der Waals surface area contributed by atoms with Crippen molar-refractivity contribution in [2.45, 2.75) is 19.4 Å². The summed E-state index contributed by atoms with van der Waals surface area (Å²) in [6, 6.07) is 14.0. The highest BCUT2D eigenvalue weighted by Crippen LogP contribution is 2.30. The molecule has 1 aliphatic heterocycles. The minimum Gasteiger partial charge on any atom is -0.452 e. The number of carbonyl (C=O) groups is 2. The molecule has 1 heterocycles. The Morgan fingerprint density at radius 2 is 1.89 bits per heavy atom. The number of nitrogens with zero attached hydrogens (tertiary/aromatic N) is 1. The van der Waals surface area contributed by atoms with E-state index in [1.807, 2.05) is 37.3 Å². The van der Waals surface area contributed by atoms with E-state index in [1.165, 1.54) is 10.4 Å². The van der Waals surface area contributed by atoms with Crippen LogP contribution in [0.2, 0.25) is 0 Å². The summed E-state index contributed by atoms with van der Waals surface area (Å²) >= 11 is 0. The molecule has 0 unspecified atom stereocenters. The lowest BCUT2D eigenvalue weighted by Gasteiger charge is -2.16. The first kappa shape index (κ1) is 19.9. The molecule has 0 bridgehead atoms. The number of sulfonamides is 1. The monoisotopic (exact) mass is 402 g/mol. The molecule has 1 amide bonds. The maximum absolute atomic E-state index is 12.2. The second-order valence-electron chi connectivity index (χ2n) is 6.70. The van der Waals surface area contributed by atoms with Crippen molar-refractivity contribution in [1.82, 2.24) is 5.32 Å². The minimum atomic E-state index is -3.34. The van der Waals surface area contributed by atoms with Gasteiger partial charge in [0, 0.05) is 6.54 Å². The Bertz CT molecular complexity index is 989. The third-order valence-electron chi connectivity index (χ3n) is 4.58. The van der Waals surface area contributed by atoms with E-state index in [-0.39, 0.29) is 18.2 Å². The van der Waals surface area contributed by atoms with E-state index < -0.39 is 21.9 Å². The number of hydrogen-bond donors (Lipinski definition) is 1. The number of anilines is 1. The van der Waals surface area contributed by atoms with Crippen molar-refractivity contribution in [3.63, 3.8) is 0 Å². The molecular formula is C20H22N2O5S. The van der Waals surface area contributed by atoms with Crippen molar-refractivity contribution in [2.24, 2.45) is 0 Å². The molecule has 0 aromatic heterocycles. The van der Waals surface area contributed by atoms with Gasteiger partial charge in [0.05, 0.1) is 23.5 Å². The number of nitrogens with one attached hydrogen (secondary N) is 1. The Hall–Kier alpha value is -2.87. The molecule has 148 valence electrons. The third kappa shape index (κ3) is 4.51. The summed E-state index contributed by atoms with van der Waals surface area (Å²) in [5.41, 5.74) is 2.59. The van der Waals surface area contributed by atoms with E-state index in [2.05, 4.69) is 5.32 Å². The second-order valence-corrected chi connectivity index (χ2v) is 8.61. The maximum atomic E-state index is 12.2. The molecule has 1 atom stereocenters. The van der Waals surface area contributed by atoms with Gasteiger partial charge in [-0.2, -0.15) is 0 Å². The number of rotatable bonds is 6. The van der Waals surface area contributed by atoms with Crippen molar-refractivity contribution >= 4 is 27.6 Å². The molecule has 28 heavy (non-hydrogen) atoms. The molecule has 1 aliphatic rings. The molecule has 0 fully saturated rings. The molecule has 1 N–H and O–H groups in total. The maximum Gasteiger partial charge on any atom is 0.338 e. The van der Waals surface area contributed by atoms with Crippen LogP contribution in [0.15, 0.2) is 48.5 Å². The van der Waals surface area contributed by atoms with E-state index >= 15 is 0 Å². The third-order valence-corrected chi connectivity index (χ3v) is 5.76. The highest BCUT2D eigenvalue weighted by Gasteiger charge is 2.27. The zero-order valence-corrected chi connectivity index (χ0v) is 16.5. The summed E-state index contributed by atoms with van der Waals surface area (Å²) in [5, 5.41) is 2.78. The van der Waals surface area contributed by atoms with Crippen LogP contribution in [0.3, 0.4) is 0 Å². The van der Waals surface area contributed by atoms with Gasteiger partial charge in [0.25, 0.3) is 5.91 Å². The average Bonchev–Trinajstić information content (AvgIpc) is 3.10. The van der Waals surface area contributed by atoms with Crippen LogP contribution in [0.25, 0.3) is 0 Å². The lowest BCUT2D eigenvalue weighted by molar-refractivity contribution is -0.124. The number of carbonyl (C=O) groups excluding carboxylic acids is 2. The van der Waals surface area contributed by atoms with Crippen molar-refractivity contribution in [3.8, 4) is 0 Å². The van der Waals surface area contributed by atoms with Crippen molar-refractivity contribution in [2.75, 3.05) is 23.7 Å². The van der Waals surface area contributed by atoms with Crippen LogP contribution in [0.5, 0.6) is 0 Å². The van der Waals surface area contributed by atoms with Crippen LogP contribution in [-0.2, 0) is 26.0 Å². The second kappa shape index (κ2) is 8.02. The summed E-state index contributed by atoms with van der Waals surface area (Å²) in [4.78, 5) is 24.3. The lowest BCUT2D eigenvalue weighted by Crippen LogP contribution is -2.31. The molecule has 0 saturated carbocycles. The largest absolute Gasteiger partial charge is 0.452 e. The predicted molar refractivity (Wildman–Crippen MR) is 106 cm³/mol. The van der Waals surface area contributed by atoms with Crippen LogP contribution in [-0.4, -0.2) is 39.7 Å². The molecule has 2 aromatic carbocycles. The highest BCUT2D eigenvalue weighted by molar-refractivity contribution is 7.92. The van der Waals surface area contributed by atoms with Crippen LogP contribution >= 0.6 is 0 Å². The topological polar surface area (TPSA) is 92.8 Å². The van der Waals surface area contributed by atoms with Crippen LogP contribution < -0.4 is 9.62 Å². The van der Waals surface area contributed by atoms with Gasteiger partial charge < -0.3 is 10.1 Å². The van der Waals surface area contributed by atoms with E-state index in [1.54, 1.807) is 12.1 Å². The van der Waals surface area contributed by atoms with Gasteiger partial charge in [-0.1, -0.05) is 30.3 Å². The van der Waals surface area contributed by atoms with Gasteiger partial charge in [-0.15, -0.1) is 0 Å². The molecule has 0 aliphatic carbocycles. The first-order chi connectivity index (χ1) is 13.3. The number of ether oxygens (including phenoxy) is 1. The predicted octanol–water partition coefficient (Wildman–Crippen LogP) is 2.04. The summed E-state index contributed by atoms with van der Waals surface area (Å²) in [6.07, 6.45) is 1.68. The van der Waals surface area contributed by atoms with Crippen molar-refractivity contribution in [1.29, 1.82) is 0 Å². The fraction of sp³-hybridized carbons (Fsp3) is 0.300. The number of benzene rings is 2. The van der Waals surface area contributed by atoms with Gasteiger partial charge >= 0.3 is 5.97 Å². The summed E-state index contributed by atoms with van der Waals surface area (Å²) < 4.78 is 30.0. The number of fused-ring (bicyclic) bond motifs is 1. The molecule has 8 heteroatoms. The van der Waals surface area contributed by atoms with Crippen molar-refractivity contribution < 1.29 is 22.7 Å². The summed E-state index contributed by atoms with van der Waals surface area (Å²) in [6.45, 7) is 1.82. The van der Waals surface area contributed by atoms with Crippen LogP contribution in [0, 0.1) is 0 Å². The first-order valence-electron chi connectivity index (χ1n) is 8.88. The fourth-order valence-electron chi connectivity index (χ4n) is 3.17. The average molecular weight is 402 g/mol. The molecular weight excluding hydrogens is 380 g/mol. The quantitative estimate of drug-likeness (QED) is 0.747. The molecule has 0 radical (unpaired) electrons. The Balaban J connectivity index is 1.58. The Labute approximate surface area is 164 Å². The number of hydrogen-bond acceptors (Lipinski definition) is 5. The van der Waals surface area contributed by atoms with E-state index in [4.69, 9.17) is 4.74 Å². The van der Waals surface area contributed by atoms with Crippen molar-refractivity contribution in [3.05, 3.63) is 65.2 Å². The van der Waals surface area contributed by atoms with Gasteiger partial charge in [-0.3, -0.25) is 9.10 Å². The number of amides is 1. The van der Waals surface area contributed by atoms with Gasteiger partial charge in [-0.05, 0) is 42.7 Å². The van der Waals surface area contributed by atoms with E-state index in [0.29, 0.717) is 18.7 Å². The Morgan fingerprint density at radius 3 is 2.57 bits per heavy atom. The van der Waals surface area contributed by atoms with Crippen LogP contribution in [0.1, 0.15) is 34.5 Å². The Morgan fingerprint density at radius 1 is 1.18 bits per heavy atom. The van der Waals surface area contributed by atoms with Gasteiger partial charge in [0.2, 0.25) is 10.0 Å². The molecule has 7 nitrogen and oxygen atoms in total. The smallest absolute Gasteiger partial charge is 0.338 e. The van der Waals surface area contributed by atoms with Gasteiger partial charge in [0.1, 0.15) is 0 Å². The zero-order chi connectivity index (χ0) is 20.3. The fourth-order valence-corrected chi connectivity index (χ4v) is 4.12. The van der Waals surface area contributed by atoms with E-state index in [0.717, 1.165) is 17.4 Å². The summed E-state index contributed by atoms with van der Waals surface area (Å²) in [5.74, 6) is -1.02. The molecule has 0 spiro atoms. The van der Waals surface area contributed by atoms with E-state index in [9.17, 15) is 18.0 Å². The van der Waals surface area contributed by atoms with Gasteiger partial charge in [-0.25, -0.2) is 13.2 Å². The number of esters is 1. The van der Waals surface area contributed by atoms with Gasteiger partial charge in [0.15, 0.2) is 6.61 Å². The summed E-state index contributed by atoms with van der Waals surface area (Å²) in [7, 11) is -3.34. The molecule has 2 aromatic rings. The molecule has 3 rings (SSSR count).